The van der Waals surface area contributed by atoms with Crippen molar-refractivity contribution in [3.05, 3.63) is 57.8 Å². The molecule has 0 saturated carbocycles. The largest absolute Gasteiger partial charge is 0.545 e. The molecule has 0 saturated heterocycles. The first-order chi connectivity index (χ1) is 10.4. The number of benzene rings is 2. The van der Waals surface area contributed by atoms with Gasteiger partial charge in [0.25, 0.3) is 0 Å². The molecule has 0 aliphatic rings. The number of hydrogen-bond acceptors (Lipinski definition) is 3. The van der Waals surface area contributed by atoms with E-state index in [1.54, 1.807) is 0 Å². The average molecular weight is 342 g/mol. The van der Waals surface area contributed by atoms with Crippen LogP contribution in [-0.2, 0) is 0 Å². The van der Waals surface area contributed by atoms with Gasteiger partial charge in [0.1, 0.15) is 5.82 Å². The molecule has 0 spiro atoms. The van der Waals surface area contributed by atoms with E-state index in [1.165, 1.54) is 18.2 Å². The fourth-order valence-corrected chi connectivity index (χ4v) is 2.12. The van der Waals surface area contributed by atoms with Crippen LogP contribution in [0, 0.1) is 5.82 Å². The highest BCUT2D eigenvalue weighted by Gasteiger charge is 2.10. The summed E-state index contributed by atoms with van der Waals surface area (Å²) >= 11 is 11.6. The minimum absolute atomic E-state index is 0.107. The summed E-state index contributed by atoms with van der Waals surface area (Å²) in [5.41, 5.74) is -0.304. The molecule has 0 radical (unpaired) electrons. The fraction of sp³-hybridized carbons (Fsp3) is 0. The standard InChI is InChI=1S/C14H9Cl2FN2O3/c15-7-1-3-12(10(16)5-7)19-14(22)18-11-4-2-8(17)6-9(11)13(20)21/h1-6H,(H,20,21)(H2,18,19,22)/p-1. The van der Waals surface area contributed by atoms with Crippen LogP contribution in [-0.4, -0.2) is 12.0 Å². The van der Waals surface area contributed by atoms with Crippen LogP contribution >= 0.6 is 23.2 Å². The molecular weight excluding hydrogens is 334 g/mol. The van der Waals surface area contributed by atoms with Crippen molar-refractivity contribution in [3.8, 4) is 0 Å². The van der Waals surface area contributed by atoms with Gasteiger partial charge in [-0.3, -0.25) is 0 Å². The van der Waals surface area contributed by atoms with Crippen LogP contribution in [0.1, 0.15) is 10.4 Å². The van der Waals surface area contributed by atoms with E-state index in [9.17, 15) is 19.1 Å². The van der Waals surface area contributed by atoms with Gasteiger partial charge < -0.3 is 20.5 Å². The Kier molecular flexibility index (Phi) is 4.85. The van der Waals surface area contributed by atoms with Crippen molar-refractivity contribution in [1.82, 2.24) is 0 Å². The highest BCUT2D eigenvalue weighted by molar-refractivity contribution is 6.36. The third-order valence-corrected chi connectivity index (χ3v) is 3.18. The van der Waals surface area contributed by atoms with E-state index >= 15 is 0 Å². The molecule has 2 amide bonds. The number of carboxylic acid groups (broad SMARTS) is 1. The predicted molar refractivity (Wildman–Crippen MR) is 79.8 cm³/mol. The molecule has 2 rings (SSSR count). The van der Waals surface area contributed by atoms with E-state index in [4.69, 9.17) is 23.2 Å². The number of carbonyl (C=O) groups is 2. The lowest BCUT2D eigenvalue weighted by Gasteiger charge is -2.13. The van der Waals surface area contributed by atoms with Gasteiger partial charge in [-0.05, 0) is 36.4 Å². The van der Waals surface area contributed by atoms with Crippen molar-refractivity contribution in [3.63, 3.8) is 0 Å². The molecule has 0 aromatic heterocycles. The Hall–Kier alpha value is -2.31. The number of amides is 2. The number of carbonyl (C=O) groups excluding carboxylic acids is 2. The van der Waals surface area contributed by atoms with Crippen LogP contribution in [0.25, 0.3) is 0 Å². The van der Waals surface area contributed by atoms with Crippen molar-refractivity contribution < 1.29 is 19.1 Å². The number of halogens is 3. The number of anilines is 2. The van der Waals surface area contributed by atoms with Gasteiger partial charge in [0.05, 0.1) is 22.4 Å². The number of aromatic carboxylic acids is 1. The van der Waals surface area contributed by atoms with Crippen LogP contribution < -0.4 is 15.7 Å². The molecule has 0 aliphatic carbocycles. The molecule has 0 atom stereocenters. The van der Waals surface area contributed by atoms with Gasteiger partial charge in [0, 0.05) is 10.6 Å². The van der Waals surface area contributed by atoms with E-state index in [0.29, 0.717) is 5.02 Å². The Morgan fingerprint density at radius 3 is 2.27 bits per heavy atom. The highest BCUT2D eigenvalue weighted by Crippen LogP contribution is 2.25. The topological polar surface area (TPSA) is 81.3 Å². The molecule has 0 fully saturated rings. The maximum atomic E-state index is 13.0. The van der Waals surface area contributed by atoms with Gasteiger partial charge >= 0.3 is 6.03 Å². The summed E-state index contributed by atoms with van der Waals surface area (Å²) in [5, 5.41) is 16.2. The maximum Gasteiger partial charge on any atom is 0.323 e. The zero-order chi connectivity index (χ0) is 16.3. The van der Waals surface area contributed by atoms with E-state index in [-0.39, 0.29) is 16.4 Å². The monoisotopic (exact) mass is 341 g/mol. The van der Waals surface area contributed by atoms with Crippen molar-refractivity contribution in [1.29, 1.82) is 0 Å². The summed E-state index contributed by atoms with van der Waals surface area (Å²) in [6, 6.07) is 6.56. The molecule has 2 aromatic rings. The van der Waals surface area contributed by atoms with Gasteiger partial charge in [-0.1, -0.05) is 23.2 Å². The van der Waals surface area contributed by atoms with Gasteiger partial charge in [-0.25, -0.2) is 9.18 Å². The maximum absolute atomic E-state index is 13.0. The number of urea groups is 1. The molecule has 8 heteroatoms. The first-order valence-corrected chi connectivity index (χ1v) is 6.66. The minimum atomic E-state index is -1.61. The Morgan fingerprint density at radius 2 is 1.64 bits per heavy atom. The second kappa shape index (κ2) is 6.64. The number of rotatable bonds is 3. The fourth-order valence-electron chi connectivity index (χ4n) is 1.66. The zero-order valence-corrected chi connectivity index (χ0v) is 12.3. The lowest BCUT2D eigenvalue weighted by atomic mass is 10.1. The lowest BCUT2D eigenvalue weighted by molar-refractivity contribution is -0.254. The quantitative estimate of drug-likeness (QED) is 0.899. The smallest absolute Gasteiger partial charge is 0.323 e. The first kappa shape index (κ1) is 16.1. The lowest BCUT2D eigenvalue weighted by Crippen LogP contribution is -2.26. The third kappa shape index (κ3) is 3.87. The summed E-state index contributed by atoms with van der Waals surface area (Å²) in [4.78, 5) is 22.8. The first-order valence-electron chi connectivity index (χ1n) is 5.91. The molecule has 0 aliphatic heterocycles. The summed E-state index contributed by atoms with van der Waals surface area (Å²) in [5.74, 6) is -2.37. The number of hydrogen-bond donors (Lipinski definition) is 2. The van der Waals surface area contributed by atoms with Gasteiger partial charge in [0.15, 0.2) is 0 Å². The Bertz CT molecular complexity index is 753. The summed E-state index contributed by atoms with van der Waals surface area (Å²) < 4.78 is 13.0. The van der Waals surface area contributed by atoms with Crippen molar-refractivity contribution in [2.45, 2.75) is 0 Å². The summed E-state index contributed by atoms with van der Waals surface area (Å²) in [6.07, 6.45) is 0. The molecule has 2 aromatic carbocycles. The second-order valence-electron chi connectivity index (χ2n) is 4.18. The van der Waals surface area contributed by atoms with Crippen LogP contribution in [0.15, 0.2) is 36.4 Å². The Morgan fingerprint density at radius 1 is 1.00 bits per heavy atom. The third-order valence-electron chi connectivity index (χ3n) is 2.63. The average Bonchev–Trinajstić information content (AvgIpc) is 2.43. The molecule has 0 heterocycles. The highest BCUT2D eigenvalue weighted by atomic mass is 35.5. The molecule has 5 nitrogen and oxygen atoms in total. The van der Waals surface area contributed by atoms with Crippen LogP contribution in [0.2, 0.25) is 10.0 Å². The Balaban J connectivity index is 2.17. The van der Waals surface area contributed by atoms with Crippen LogP contribution in [0.4, 0.5) is 20.6 Å². The van der Waals surface area contributed by atoms with Crippen molar-refractivity contribution in [2.24, 2.45) is 0 Å². The predicted octanol–water partition coefficient (Wildman–Crippen LogP) is 3.14. The SMILES string of the molecule is O=C(Nc1ccc(Cl)cc1Cl)Nc1ccc(F)cc1C(=O)[O-]. The second-order valence-corrected chi connectivity index (χ2v) is 5.02. The molecular formula is C14H8Cl2FN2O3-. The molecule has 22 heavy (non-hydrogen) atoms. The molecule has 0 unspecified atom stereocenters. The van der Waals surface area contributed by atoms with Crippen molar-refractivity contribution >= 4 is 46.6 Å². The normalized spacial score (nSPS) is 10.1. The minimum Gasteiger partial charge on any atom is -0.545 e. The van der Waals surface area contributed by atoms with Crippen LogP contribution in [0.3, 0.4) is 0 Å². The van der Waals surface area contributed by atoms with Gasteiger partial charge in [-0.15, -0.1) is 0 Å². The number of carboxylic acids is 1. The van der Waals surface area contributed by atoms with E-state index < -0.39 is 23.4 Å². The van der Waals surface area contributed by atoms with E-state index in [0.717, 1.165) is 18.2 Å². The van der Waals surface area contributed by atoms with Crippen molar-refractivity contribution in [2.75, 3.05) is 10.6 Å². The summed E-state index contributed by atoms with van der Waals surface area (Å²) in [6.45, 7) is 0. The number of nitrogens with one attached hydrogen (secondary N) is 2. The molecule has 0 bridgehead atoms. The van der Waals surface area contributed by atoms with E-state index in [2.05, 4.69) is 10.6 Å². The Labute approximate surface area is 134 Å². The van der Waals surface area contributed by atoms with Gasteiger partial charge in [-0.2, -0.15) is 0 Å². The van der Waals surface area contributed by atoms with Gasteiger partial charge in [0.2, 0.25) is 0 Å². The molecule has 114 valence electrons. The summed E-state index contributed by atoms with van der Waals surface area (Å²) in [7, 11) is 0. The van der Waals surface area contributed by atoms with Crippen LogP contribution in [0.5, 0.6) is 0 Å². The van der Waals surface area contributed by atoms with E-state index in [1.807, 2.05) is 0 Å². The molecule has 2 N–H and O–H groups in total. The zero-order valence-electron chi connectivity index (χ0n) is 10.8.